The summed E-state index contributed by atoms with van der Waals surface area (Å²) in [5, 5.41) is 2.15. The van der Waals surface area contributed by atoms with Gasteiger partial charge < -0.3 is 14.8 Å². The number of hydrogen-bond donors (Lipinski definition) is 1. The number of nitrogens with one attached hydrogen (secondary N) is 1. The number of halogens is 2. The van der Waals surface area contributed by atoms with E-state index in [1.165, 1.54) is 12.1 Å². The molecule has 0 saturated heterocycles. The van der Waals surface area contributed by atoms with Gasteiger partial charge in [-0.3, -0.25) is 4.79 Å². The van der Waals surface area contributed by atoms with E-state index < -0.39 is 30.1 Å². The van der Waals surface area contributed by atoms with Crippen molar-refractivity contribution in [2.75, 3.05) is 18.5 Å². The maximum absolute atomic E-state index is 13.5. The Morgan fingerprint density at radius 1 is 1.12 bits per heavy atom. The zero-order valence-electron chi connectivity index (χ0n) is 14.4. The van der Waals surface area contributed by atoms with Crippen molar-refractivity contribution < 1.29 is 27.8 Å². The number of ether oxygens (including phenoxy) is 2. The molecule has 138 valence electrons. The third-order valence-corrected chi connectivity index (χ3v) is 3.19. The minimum Gasteiger partial charge on any atom is -0.493 e. The summed E-state index contributed by atoms with van der Waals surface area (Å²) >= 11 is 0. The molecule has 5 nitrogen and oxygen atoms in total. The zero-order chi connectivity index (χ0) is 19.1. The molecular formula is C19H19F2NO4. The van der Waals surface area contributed by atoms with Crippen LogP contribution in [-0.2, 0) is 9.53 Å². The van der Waals surface area contributed by atoms with E-state index >= 15 is 0 Å². The Morgan fingerprint density at radius 3 is 2.62 bits per heavy atom. The molecule has 2 aromatic rings. The van der Waals surface area contributed by atoms with Gasteiger partial charge in [-0.05, 0) is 36.2 Å². The molecule has 7 heteroatoms. The minimum absolute atomic E-state index is 0.219. The second-order valence-electron chi connectivity index (χ2n) is 5.98. The van der Waals surface area contributed by atoms with Crippen molar-refractivity contribution in [2.45, 2.75) is 13.8 Å². The van der Waals surface area contributed by atoms with Gasteiger partial charge in [-0.1, -0.05) is 19.9 Å². The first-order valence-electron chi connectivity index (χ1n) is 8.00. The first-order chi connectivity index (χ1) is 12.3. The van der Waals surface area contributed by atoms with Gasteiger partial charge in [-0.25, -0.2) is 13.6 Å². The van der Waals surface area contributed by atoms with Crippen LogP contribution in [0.5, 0.6) is 5.75 Å². The summed E-state index contributed by atoms with van der Waals surface area (Å²) in [4.78, 5) is 23.8. The largest absolute Gasteiger partial charge is 0.493 e. The highest BCUT2D eigenvalue weighted by molar-refractivity contribution is 5.95. The predicted molar refractivity (Wildman–Crippen MR) is 92.0 cm³/mol. The van der Waals surface area contributed by atoms with E-state index in [1.54, 1.807) is 12.1 Å². The van der Waals surface area contributed by atoms with E-state index in [9.17, 15) is 18.4 Å². The van der Waals surface area contributed by atoms with Gasteiger partial charge in [0, 0.05) is 6.07 Å². The Hall–Kier alpha value is -2.96. The number of esters is 1. The van der Waals surface area contributed by atoms with Crippen LogP contribution in [0.15, 0.2) is 42.5 Å². The van der Waals surface area contributed by atoms with Crippen LogP contribution in [0.4, 0.5) is 14.5 Å². The van der Waals surface area contributed by atoms with Gasteiger partial charge in [0.25, 0.3) is 5.91 Å². The van der Waals surface area contributed by atoms with E-state index in [0.717, 1.165) is 18.2 Å². The molecule has 0 aromatic heterocycles. The van der Waals surface area contributed by atoms with E-state index in [2.05, 4.69) is 5.32 Å². The predicted octanol–water partition coefficient (Wildman–Crippen LogP) is 3.80. The molecule has 0 radical (unpaired) electrons. The quantitative estimate of drug-likeness (QED) is 0.760. The van der Waals surface area contributed by atoms with Crippen molar-refractivity contribution in [1.82, 2.24) is 0 Å². The lowest BCUT2D eigenvalue weighted by Crippen LogP contribution is -2.21. The average Bonchev–Trinajstić information content (AvgIpc) is 2.61. The molecule has 0 aliphatic rings. The fourth-order valence-electron chi connectivity index (χ4n) is 1.97. The molecule has 0 spiro atoms. The third kappa shape index (κ3) is 5.84. The Morgan fingerprint density at radius 2 is 1.88 bits per heavy atom. The van der Waals surface area contributed by atoms with E-state index in [1.807, 2.05) is 13.8 Å². The van der Waals surface area contributed by atoms with Crippen LogP contribution in [0, 0.1) is 17.6 Å². The molecule has 0 fully saturated rings. The second kappa shape index (κ2) is 8.94. The zero-order valence-corrected chi connectivity index (χ0v) is 14.4. The molecular weight excluding hydrogens is 344 g/mol. The van der Waals surface area contributed by atoms with Crippen molar-refractivity contribution in [2.24, 2.45) is 5.92 Å². The van der Waals surface area contributed by atoms with E-state index in [0.29, 0.717) is 18.3 Å². The Labute approximate surface area is 149 Å². The lowest BCUT2D eigenvalue weighted by molar-refractivity contribution is -0.119. The number of amides is 1. The summed E-state index contributed by atoms with van der Waals surface area (Å²) in [5.41, 5.74) is -0.105. The van der Waals surface area contributed by atoms with Crippen LogP contribution in [0.1, 0.15) is 24.2 Å². The lowest BCUT2D eigenvalue weighted by Gasteiger charge is -2.10. The minimum atomic E-state index is -0.791. The highest BCUT2D eigenvalue weighted by Gasteiger charge is 2.13. The van der Waals surface area contributed by atoms with Gasteiger partial charge in [-0.2, -0.15) is 0 Å². The second-order valence-corrected chi connectivity index (χ2v) is 5.98. The smallest absolute Gasteiger partial charge is 0.338 e. The number of anilines is 1. The first kappa shape index (κ1) is 19.4. The maximum atomic E-state index is 13.5. The van der Waals surface area contributed by atoms with Crippen molar-refractivity contribution in [1.29, 1.82) is 0 Å². The molecule has 1 N–H and O–H groups in total. The molecule has 0 saturated carbocycles. The van der Waals surface area contributed by atoms with Gasteiger partial charge in [-0.15, -0.1) is 0 Å². The average molecular weight is 363 g/mol. The Kier molecular flexibility index (Phi) is 6.66. The van der Waals surface area contributed by atoms with Gasteiger partial charge >= 0.3 is 5.97 Å². The van der Waals surface area contributed by atoms with Gasteiger partial charge in [0.2, 0.25) is 0 Å². The van der Waals surface area contributed by atoms with E-state index in [-0.39, 0.29) is 11.3 Å². The van der Waals surface area contributed by atoms with Crippen molar-refractivity contribution in [3.05, 3.63) is 59.7 Å². The molecule has 0 aliphatic carbocycles. The summed E-state index contributed by atoms with van der Waals surface area (Å²) in [5.74, 6) is -2.15. The summed E-state index contributed by atoms with van der Waals surface area (Å²) in [7, 11) is 0. The van der Waals surface area contributed by atoms with Crippen LogP contribution in [-0.4, -0.2) is 25.1 Å². The van der Waals surface area contributed by atoms with Crippen LogP contribution < -0.4 is 10.1 Å². The van der Waals surface area contributed by atoms with Crippen LogP contribution in [0.2, 0.25) is 0 Å². The van der Waals surface area contributed by atoms with Crippen LogP contribution in [0.25, 0.3) is 0 Å². The molecule has 0 heterocycles. The summed E-state index contributed by atoms with van der Waals surface area (Å²) < 4.78 is 36.9. The highest BCUT2D eigenvalue weighted by Crippen LogP contribution is 2.16. The molecule has 0 atom stereocenters. The standard InChI is InChI=1S/C19H19F2NO4/c1-12(2)10-25-15-5-3-4-13(8-15)19(24)26-11-18(23)22-17-9-14(20)6-7-16(17)21/h3-9,12H,10-11H2,1-2H3,(H,22,23). The van der Waals surface area contributed by atoms with Gasteiger partial charge in [0.15, 0.2) is 6.61 Å². The molecule has 2 aromatic carbocycles. The molecule has 1 amide bonds. The molecule has 0 bridgehead atoms. The van der Waals surface area contributed by atoms with Crippen molar-refractivity contribution >= 4 is 17.6 Å². The van der Waals surface area contributed by atoms with Crippen molar-refractivity contribution in [3.63, 3.8) is 0 Å². The first-order valence-corrected chi connectivity index (χ1v) is 8.00. The number of benzene rings is 2. The number of carbonyl (C=O) groups is 2. The Bertz CT molecular complexity index is 793. The molecule has 0 aliphatic heterocycles. The normalized spacial score (nSPS) is 10.5. The fraction of sp³-hybridized carbons (Fsp3) is 0.263. The molecule has 2 rings (SSSR count). The number of carbonyl (C=O) groups excluding carboxylic acids is 2. The van der Waals surface area contributed by atoms with Crippen LogP contribution >= 0.6 is 0 Å². The topological polar surface area (TPSA) is 64.6 Å². The monoisotopic (exact) mass is 363 g/mol. The third-order valence-electron chi connectivity index (χ3n) is 3.19. The summed E-state index contributed by atoms with van der Waals surface area (Å²) in [6.45, 7) is 3.86. The number of hydrogen-bond acceptors (Lipinski definition) is 4. The molecule has 0 unspecified atom stereocenters. The maximum Gasteiger partial charge on any atom is 0.338 e. The fourth-order valence-corrected chi connectivity index (χ4v) is 1.97. The van der Waals surface area contributed by atoms with Gasteiger partial charge in [0.05, 0.1) is 17.9 Å². The van der Waals surface area contributed by atoms with Crippen LogP contribution in [0.3, 0.4) is 0 Å². The summed E-state index contributed by atoms with van der Waals surface area (Å²) in [6, 6.07) is 9.03. The molecule has 26 heavy (non-hydrogen) atoms. The van der Waals surface area contributed by atoms with Crippen molar-refractivity contribution in [3.8, 4) is 5.75 Å². The lowest BCUT2D eigenvalue weighted by atomic mass is 10.2. The van der Waals surface area contributed by atoms with Gasteiger partial charge in [0.1, 0.15) is 17.4 Å². The summed E-state index contributed by atoms with van der Waals surface area (Å²) in [6.07, 6.45) is 0. The Balaban J connectivity index is 1.90. The van der Waals surface area contributed by atoms with E-state index in [4.69, 9.17) is 9.47 Å². The highest BCUT2D eigenvalue weighted by atomic mass is 19.1. The number of rotatable bonds is 7. The SMILES string of the molecule is CC(C)COc1cccc(C(=O)OCC(=O)Nc2cc(F)ccc2F)c1.